The molecule has 0 radical (unpaired) electrons. The van der Waals surface area contributed by atoms with E-state index in [1.165, 1.54) is 5.56 Å². The summed E-state index contributed by atoms with van der Waals surface area (Å²) in [5.74, 6) is 0.578. The number of rotatable bonds is 7. The van der Waals surface area contributed by atoms with Gasteiger partial charge in [0.25, 0.3) is 0 Å². The maximum Gasteiger partial charge on any atom is 0.233 e. The zero-order chi connectivity index (χ0) is 13.3. The Hall–Kier alpha value is -2.01. The molecular formula is C14H18N4O. The molecule has 0 saturated carbocycles. The van der Waals surface area contributed by atoms with Crippen molar-refractivity contribution >= 4 is 0 Å². The number of aromatic nitrogens is 3. The highest BCUT2D eigenvalue weighted by atomic mass is 16.5. The molecule has 0 spiro atoms. The summed E-state index contributed by atoms with van der Waals surface area (Å²) in [4.78, 5) is 3.99. The number of aryl methyl sites for hydroxylation is 1. The van der Waals surface area contributed by atoms with E-state index in [9.17, 15) is 0 Å². The number of nitrogens with one attached hydrogen (secondary N) is 1. The third-order valence-corrected chi connectivity index (χ3v) is 2.66. The first-order valence-electron chi connectivity index (χ1n) is 6.37. The van der Waals surface area contributed by atoms with Gasteiger partial charge >= 0.3 is 0 Å². The molecule has 2 aromatic rings. The largest absolute Gasteiger partial charge is 0.477 e. The number of ether oxygens (including phenoxy) is 1. The predicted octanol–water partition coefficient (Wildman–Crippen LogP) is 1.60. The van der Waals surface area contributed by atoms with Crippen molar-refractivity contribution in [2.24, 2.45) is 0 Å². The Morgan fingerprint density at radius 1 is 1.11 bits per heavy atom. The zero-order valence-corrected chi connectivity index (χ0v) is 11.0. The highest BCUT2D eigenvalue weighted by molar-refractivity contribution is 5.12. The van der Waals surface area contributed by atoms with E-state index in [0.717, 1.165) is 25.1 Å². The molecule has 2 heterocycles. The van der Waals surface area contributed by atoms with Crippen molar-refractivity contribution in [1.29, 1.82) is 0 Å². The van der Waals surface area contributed by atoms with Gasteiger partial charge in [0, 0.05) is 25.0 Å². The Balaban J connectivity index is 1.70. The van der Waals surface area contributed by atoms with E-state index in [0.29, 0.717) is 12.5 Å². The van der Waals surface area contributed by atoms with Gasteiger partial charge in [-0.2, -0.15) is 5.10 Å². The molecule has 0 unspecified atom stereocenters. The van der Waals surface area contributed by atoms with E-state index in [4.69, 9.17) is 4.74 Å². The van der Waals surface area contributed by atoms with Crippen LogP contribution in [0.25, 0.3) is 0 Å². The van der Waals surface area contributed by atoms with Gasteiger partial charge in [-0.3, -0.25) is 4.98 Å². The Morgan fingerprint density at radius 3 is 2.63 bits per heavy atom. The number of hydrogen-bond donors (Lipinski definition) is 1. The Morgan fingerprint density at radius 2 is 1.95 bits per heavy atom. The molecule has 0 aliphatic rings. The first-order valence-corrected chi connectivity index (χ1v) is 6.37. The molecule has 0 fully saturated rings. The monoisotopic (exact) mass is 258 g/mol. The lowest BCUT2D eigenvalue weighted by Gasteiger charge is -2.05. The minimum atomic E-state index is 0.578. The highest BCUT2D eigenvalue weighted by Gasteiger charge is 1.98. The second-order valence-electron chi connectivity index (χ2n) is 4.20. The first kappa shape index (κ1) is 13.4. The van der Waals surface area contributed by atoms with Crippen LogP contribution < -0.4 is 10.1 Å². The van der Waals surface area contributed by atoms with Gasteiger partial charge in [-0.05, 0) is 43.7 Å². The predicted molar refractivity (Wildman–Crippen MR) is 72.8 cm³/mol. The molecule has 5 nitrogen and oxygen atoms in total. The molecule has 1 N–H and O–H groups in total. The number of pyridine rings is 1. The van der Waals surface area contributed by atoms with E-state index in [-0.39, 0.29) is 0 Å². The van der Waals surface area contributed by atoms with Gasteiger partial charge in [0.2, 0.25) is 5.88 Å². The fraction of sp³-hybridized carbons (Fsp3) is 0.357. The second kappa shape index (κ2) is 7.43. The fourth-order valence-electron chi connectivity index (χ4n) is 1.70. The zero-order valence-electron chi connectivity index (χ0n) is 11.0. The molecule has 0 saturated heterocycles. The van der Waals surface area contributed by atoms with Crippen LogP contribution in [0, 0.1) is 0 Å². The average molecular weight is 258 g/mol. The third kappa shape index (κ3) is 4.63. The van der Waals surface area contributed by atoms with Gasteiger partial charge in [-0.25, -0.2) is 0 Å². The van der Waals surface area contributed by atoms with Crippen LogP contribution in [0.4, 0.5) is 0 Å². The number of nitrogens with zero attached hydrogens (tertiary/aromatic N) is 3. The summed E-state index contributed by atoms with van der Waals surface area (Å²) >= 11 is 0. The lowest BCUT2D eigenvalue weighted by atomic mass is 10.1. The summed E-state index contributed by atoms with van der Waals surface area (Å²) < 4.78 is 5.55. The standard InChI is InChI=1S/C14H18N4O/c1-15-11-13-4-5-14(18-17-13)19-10-2-3-12-6-8-16-9-7-12/h4-9,15H,2-3,10-11H2,1H3. The highest BCUT2D eigenvalue weighted by Crippen LogP contribution is 2.06. The van der Waals surface area contributed by atoms with Crippen LogP contribution in [0.5, 0.6) is 5.88 Å². The molecule has 2 aromatic heterocycles. The molecule has 5 heteroatoms. The maximum absolute atomic E-state index is 5.55. The van der Waals surface area contributed by atoms with Crippen LogP contribution in [-0.2, 0) is 13.0 Å². The topological polar surface area (TPSA) is 59.9 Å². The Labute approximate surface area is 113 Å². The van der Waals surface area contributed by atoms with Crippen LogP contribution in [-0.4, -0.2) is 28.8 Å². The molecule has 0 atom stereocenters. The van der Waals surface area contributed by atoms with Crippen molar-refractivity contribution in [1.82, 2.24) is 20.5 Å². The molecule has 0 aliphatic carbocycles. The second-order valence-corrected chi connectivity index (χ2v) is 4.20. The summed E-state index contributed by atoms with van der Waals surface area (Å²) in [5.41, 5.74) is 2.18. The van der Waals surface area contributed by atoms with Crippen LogP contribution in [0.15, 0.2) is 36.7 Å². The first-order chi connectivity index (χ1) is 9.38. The van der Waals surface area contributed by atoms with E-state index >= 15 is 0 Å². The normalized spacial score (nSPS) is 10.4. The minimum absolute atomic E-state index is 0.578. The molecule has 19 heavy (non-hydrogen) atoms. The van der Waals surface area contributed by atoms with Crippen LogP contribution >= 0.6 is 0 Å². The van der Waals surface area contributed by atoms with Gasteiger partial charge in [0.05, 0.1) is 12.3 Å². The lowest BCUT2D eigenvalue weighted by Crippen LogP contribution is -2.08. The summed E-state index contributed by atoms with van der Waals surface area (Å²) in [6.07, 6.45) is 5.54. The van der Waals surface area contributed by atoms with Gasteiger partial charge in [-0.15, -0.1) is 5.10 Å². The summed E-state index contributed by atoms with van der Waals surface area (Å²) in [6.45, 7) is 1.36. The molecule has 2 rings (SSSR count). The summed E-state index contributed by atoms with van der Waals surface area (Å²) in [7, 11) is 1.88. The number of hydrogen-bond acceptors (Lipinski definition) is 5. The van der Waals surface area contributed by atoms with Crippen molar-refractivity contribution in [3.05, 3.63) is 47.9 Å². The van der Waals surface area contributed by atoms with Crippen LogP contribution in [0.2, 0.25) is 0 Å². The van der Waals surface area contributed by atoms with Gasteiger partial charge in [0.1, 0.15) is 0 Å². The fourth-order valence-corrected chi connectivity index (χ4v) is 1.70. The average Bonchev–Trinajstić information content (AvgIpc) is 2.47. The van der Waals surface area contributed by atoms with E-state index in [1.807, 2.05) is 43.7 Å². The quantitative estimate of drug-likeness (QED) is 0.764. The lowest BCUT2D eigenvalue weighted by molar-refractivity contribution is 0.295. The summed E-state index contributed by atoms with van der Waals surface area (Å²) in [6, 6.07) is 7.81. The van der Waals surface area contributed by atoms with E-state index in [2.05, 4.69) is 20.5 Å². The molecule has 0 aliphatic heterocycles. The third-order valence-electron chi connectivity index (χ3n) is 2.66. The van der Waals surface area contributed by atoms with Gasteiger partial charge in [0.15, 0.2) is 0 Å². The summed E-state index contributed by atoms with van der Waals surface area (Å²) in [5, 5.41) is 11.1. The molecule has 0 aromatic carbocycles. The van der Waals surface area contributed by atoms with Crippen LogP contribution in [0.3, 0.4) is 0 Å². The Bertz CT molecular complexity index is 473. The molecule has 0 amide bonds. The van der Waals surface area contributed by atoms with E-state index < -0.39 is 0 Å². The minimum Gasteiger partial charge on any atom is -0.477 e. The Kier molecular flexibility index (Phi) is 5.25. The van der Waals surface area contributed by atoms with Gasteiger partial charge in [-0.1, -0.05) is 0 Å². The van der Waals surface area contributed by atoms with Crippen molar-refractivity contribution in [2.75, 3.05) is 13.7 Å². The maximum atomic E-state index is 5.55. The molecular weight excluding hydrogens is 240 g/mol. The van der Waals surface area contributed by atoms with Crippen molar-refractivity contribution in [3.63, 3.8) is 0 Å². The smallest absolute Gasteiger partial charge is 0.233 e. The van der Waals surface area contributed by atoms with Crippen molar-refractivity contribution in [2.45, 2.75) is 19.4 Å². The van der Waals surface area contributed by atoms with Gasteiger partial charge < -0.3 is 10.1 Å². The van der Waals surface area contributed by atoms with Crippen molar-refractivity contribution < 1.29 is 4.74 Å². The van der Waals surface area contributed by atoms with Crippen LogP contribution in [0.1, 0.15) is 17.7 Å². The van der Waals surface area contributed by atoms with Crippen molar-refractivity contribution in [3.8, 4) is 5.88 Å². The molecule has 0 bridgehead atoms. The van der Waals surface area contributed by atoms with E-state index in [1.54, 1.807) is 0 Å². The SMILES string of the molecule is CNCc1ccc(OCCCc2ccncc2)nn1. The molecule has 100 valence electrons.